The minimum absolute atomic E-state index is 0.0986. The lowest BCUT2D eigenvalue weighted by atomic mass is 10.2. The van der Waals surface area contributed by atoms with E-state index in [4.69, 9.17) is 4.74 Å². The predicted octanol–water partition coefficient (Wildman–Crippen LogP) is 1.47. The molecule has 0 aliphatic carbocycles. The van der Waals surface area contributed by atoms with Crippen LogP contribution in [0.25, 0.3) is 0 Å². The van der Waals surface area contributed by atoms with Gasteiger partial charge in [0.15, 0.2) is 0 Å². The van der Waals surface area contributed by atoms with Crippen molar-refractivity contribution >= 4 is 27.3 Å². The molecule has 4 rings (SSSR count). The average molecular weight is 445 g/mol. The molecule has 0 atom stereocenters. The van der Waals surface area contributed by atoms with Crippen LogP contribution in [0.1, 0.15) is 0 Å². The van der Waals surface area contributed by atoms with Gasteiger partial charge in [-0.05, 0) is 36.4 Å². The van der Waals surface area contributed by atoms with E-state index in [0.29, 0.717) is 31.1 Å². The number of hydrogen-bond acceptors (Lipinski definition) is 6. The van der Waals surface area contributed by atoms with Crippen LogP contribution in [0.15, 0.2) is 59.5 Å². The van der Waals surface area contributed by atoms with E-state index in [9.17, 15) is 13.2 Å². The zero-order chi connectivity index (χ0) is 21.7. The maximum absolute atomic E-state index is 12.7. The van der Waals surface area contributed by atoms with Gasteiger partial charge in [-0.1, -0.05) is 18.2 Å². The number of benzene rings is 2. The first-order valence-corrected chi connectivity index (χ1v) is 12.0. The number of piperazine rings is 1. The smallest absolute Gasteiger partial charge is 0.243 e. The third kappa shape index (κ3) is 5.43. The first kappa shape index (κ1) is 21.8. The van der Waals surface area contributed by atoms with Gasteiger partial charge in [0.25, 0.3) is 0 Å². The minimum Gasteiger partial charge on any atom is -0.378 e. The van der Waals surface area contributed by atoms with Gasteiger partial charge in [0, 0.05) is 50.6 Å². The molecule has 2 aliphatic heterocycles. The van der Waals surface area contributed by atoms with E-state index in [1.54, 1.807) is 30.3 Å². The van der Waals surface area contributed by atoms with Crippen LogP contribution in [-0.2, 0) is 19.6 Å². The summed E-state index contributed by atoms with van der Waals surface area (Å²) in [6.07, 6.45) is 0. The maximum Gasteiger partial charge on any atom is 0.243 e. The first-order chi connectivity index (χ1) is 15.0. The number of carbonyl (C=O) groups is 1. The molecule has 31 heavy (non-hydrogen) atoms. The van der Waals surface area contributed by atoms with Gasteiger partial charge in [0.2, 0.25) is 15.9 Å². The summed E-state index contributed by atoms with van der Waals surface area (Å²) in [5.74, 6) is -0.0986. The number of morpholine rings is 1. The second-order valence-electron chi connectivity index (χ2n) is 7.69. The van der Waals surface area contributed by atoms with Crippen molar-refractivity contribution < 1.29 is 17.9 Å². The van der Waals surface area contributed by atoms with Crippen molar-refractivity contribution in [2.45, 2.75) is 4.90 Å². The van der Waals surface area contributed by atoms with Crippen LogP contribution in [0.4, 0.5) is 11.4 Å². The van der Waals surface area contributed by atoms with Gasteiger partial charge in [-0.25, -0.2) is 8.42 Å². The van der Waals surface area contributed by atoms with Crippen LogP contribution in [0.3, 0.4) is 0 Å². The van der Waals surface area contributed by atoms with Crippen LogP contribution < -0.4 is 10.2 Å². The largest absolute Gasteiger partial charge is 0.378 e. The second kappa shape index (κ2) is 9.78. The lowest BCUT2D eigenvalue weighted by molar-refractivity contribution is -0.117. The third-order valence-corrected chi connectivity index (χ3v) is 7.52. The van der Waals surface area contributed by atoms with Gasteiger partial charge >= 0.3 is 0 Å². The Labute approximate surface area is 183 Å². The summed E-state index contributed by atoms with van der Waals surface area (Å²) in [5, 5.41) is 2.93. The van der Waals surface area contributed by atoms with Gasteiger partial charge in [0.05, 0.1) is 24.7 Å². The Bertz CT molecular complexity index is 968. The number of nitrogens with zero attached hydrogens (tertiary/aromatic N) is 3. The maximum atomic E-state index is 12.7. The van der Waals surface area contributed by atoms with Crippen LogP contribution >= 0.6 is 0 Å². The molecule has 2 fully saturated rings. The zero-order valence-corrected chi connectivity index (χ0v) is 18.3. The van der Waals surface area contributed by atoms with E-state index in [-0.39, 0.29) is 12.5 Å². The molecule has 1 N–H and O–H groups in total. The number of sulfonamides is 1. The Morgan fingerprint density at radius 2 is 1.52 bits per heavy atom. The zero-order valence-electron chi connectivity index (χ0n) is 17.4. The van der Waals surface area contributed by atoms with Gasteiger partial charge in [0.1, 0.15) is 0 Å². The molecular weight excluding hydrogens is 416 g/mol. The molecule has 166 valence electrons. The standard InChI is InChI=1S/C22H28N4O4S/c27-22(23-19-6-8-20(9-7-19)25-14-16-30-17-15-25)18-24-10-12-26(13-11-24)31(28,29)21-4-2-1-3-5-21/h1-9H,10-18H2,(H,23,27). The number of hydrogen-bond donors (Lipinski definition) is 1. The summed E-state index contributed by atoms with van der Waals surface area (Å²) in [6, 6.07) is 16.3. The topological polar surface area (TPSA) is 82.2 Å². The Balaban J connectivity index is 1.25. The fourth-order valence-corrected chi connectivity index (χ4v) is 5.29. The molecule has 2 aromatic carbocycles. The molecule has 1 amide bonds. The quantitative estimate of drug-likeness (QED) is 0.727. The molecule has 2 heterocycles. The van der Waals surface area contributed by atoms with E-state index in [0.717, 1.165) is 37.7 Å². The number of ether oxygens (including phenoxy) is 1. The lowest BCUT2D eigenvalue weighted by Gasteiger charge is -2.33. The van der Waals surface area contributed by atoms with Gasteiger partial charge in [-0.3, -0.25) is 9.69 Å². The summed E-state index contributed by atoms with van der Waals surface area (Å²) in [4.78, 5) is 17.0. The molecule has 0 radical (unpaired) electrons. The van der Waals surface area contributed by atoms with Crippen molar-refractivity contribution in [3.8, 4) is 0 Å². The monoisotopic (exact) mass is 444 g/mol. The molecule has 8 nitrogen and oxygen atoms in total. The fourth-order valence-electron chi connectivity index (χ4n) is 3.85. The van der Waals surface area contributed by atoms with E-state index >= 15 is 0 Å². The number of rotatable bonds is 6. The molecular formula is C22H28N4O4S. The highest BCUT2D eigenvalue weighted by Crippen LogP contribution is 2.20. The van der Waals surface area contributed by atoms with Crippen LogP contribution in [0, 0.1) is 0 Å². The SMILES string of the molecule is O=C(CN1CCN(S(=O)(=O)c2ccccc2)CC1)Nc1ccc(N2CCOCC2)cc1. The second-order valence-corrected chi connectivity index (χ2v) is 9.63. The molecule has 0 saturated carbocycles. The molecule has 9 heteroatoms. The molecule has 2 saturated heterocycles. The minimum atomic E-state index is -3.48. The number of nitrogens with one attached hydrogen (secondary N) is 1. The van der Waals surface area contributed by atoms with Crippen molar-refractivity contribution in [1.29, 1.82) is 0 Å². The normalized spacial score (nSPS) is 18.6. The van der Waals surface area contributed by atoms with Crippen molar-refractivity contribution in [1.82, 2.24) is 9.21 Å². The summed E-state index contributed by atoms with van der Waals surface area (Å²) in [7, 11) is -3.48. The number of carbonyl (C=O) groups excluding carboxylic acids is 1. The highest BCUT2D eigenvalue weighted by molar-refractivity contribution is 7.89. The molecule has 2 aromatic rings. The highest BCUT2D eigenvalue weighted by Gasteiger charge is 2.28. The predicted molar refractivity (Wildman–Crippen MR) is 120 cm³/mol. The van der Waals surface area contributed by atoms with Gasteiger partial charge < -0.3 is 15.0 Å². The molecule has 0 spiro atoms. The summed E-state index contributed by atoms with van der Waals surface area (Å²) in [6.45, 7) is 5.25. The molecule has 0 aromatic heterocycles. The van der Waals surface area contributed by atoms with Crippen LogP contribution in [0.5, 0.6) is 0 Å². The van der Waals surface area contributed by atoms with Crippen molar-refractivity contribution in [2.24, 2.45) is 0 Å². The van der Waals surface area contributed by atoms with Crippen molar-refractivity contribution in [3.63, 3.8) is 0 Å². The number of amides is 1. The van der Waals surface area contributed by atoms with E-state index in [1.807, 2.05) is 29.2 Å². The third-order valence-electron chi connectivity index (χ3n) is 5.61. The summed E-state index contributed by atoms with van der Waals surface area (Å²) in [5.41, 5.74) is 1.88. The fraction of sp³-hybridized carbons (Fsp3) is 0.409. The Hall–Kier alpha value is -2.46. The highest BCUT2D eigenvalue weighted by atomic mass is 32.2. The van der Waals surface area contributed by atoms with Gasteiger partial charge in [-0.15, -0.1) is 0 Å². The van der Waals surface area contributed by atoms with E-state index < -0.39 is 10.0 Å². The van der Waals surface area contributed by atoms with Crippen LogP contribution in [0.2, 0.25) is 0 Å². The molecule has 0 unspecified atom stereocenters. The lowest BCUT2D eigenvalue weighted by Crippen LogP contribution is -2.50. The summed E-state index contributed by atoms with van der Waals surface area (Å²) >= 11 is 0. The van der Waals surface area contributed by atoms with E-state index in [2.05, 4.69) is 10.2 Å². The van der Waals surface area contributed by atoms with Gasteiger partial charge in [-0.2, -0.15) is 4.31 Å². The van der Waals surface area contributed by atoms with Crippen molar-refractivity contribution in [2.75, 3.05) is 69.2 Å². The molecule has 0 bridgehead atoms. The molecule has 2 aliphatic rings. The van der Waals surface area contributed by atoms with Crippen molar-refractivity contribution in [3.05, 3.63) is 54.6 Å². The first-order valence-electron chi connectivity index (χ1n) is 10.5. The average Bonchev–Trinajstić information content (AvgIpc) is 2.81. The summed E-state index contributed by atoms with van der Waals surface area (Å²) < 4.78 is 32.3. The Morgan fingerprint density at radius 1 is 0.871 bits per heavy atom. The Kier molecular flexibility index (Phi) is 6.86. The van der Waals surface area contributed by atoms with E-state index in [1.165, 1.54) is 4.31 Å². The number of anilines is 2. The van der Waals surface area contributed by atoms with Crippen LogP contribution in [-0.4, -0.2) is 82.6 Å². The Morgan fingerprint density at radius 3 is 2.16 bits per heavy atom.